The molecule has 4 aromatic carbocycles. The van der Waals surface area contributed by atoms with Crippen LogP contribution < -0.4 is 10.6 Å². The quantitative estimate of drug-likeness (QED) is 0.156. The van der Waals surface area contributed by atoms with E-state index in [0.29, 0.717) is 25.1 Å². The number of benzene rings is 4. The highest BCUT2D eigenvalue weighted by molar-refractivity contribution is 5.92. The number of aliphatic hydroxyl groups excluding tert-OH is 1. The number of ether oxygens (including phenoxy) is 3. The molecular weight excluding hydrogens is 594 g/mol. The summed E-state index contributed by atoms with van der Waals surface area (Å²) in [4.78, 5) is 27.8. The predicted octanol–water partition coefficient (Wildman–Crippen LogP) is 6.32. The number of nitrogens with one attached hydrogen (secondary N) is 2. The summed E-state index contributed by atoms with van der Waals surface area (Å²) in [6.45, 7) is 2.84. The Morgan fingerprint density at radius 3 is 2.28 bits per heavy atom. The van der Waals surface area contributed by atoms with E-state index in [1.54, 1.807) is 6.07 Å². The molecule has 9 nitrogen and oxygen atoms in total. The van der Waals surface area contributed by atoms with E-state index in [-0.39, 0.29) is 24.9 Å². The van der Waals surface area contributed by atoms with Gasteiger partial charge in [0.1, 0.15) is 6.04 Å². The number of rotatable bonds is 12. The summed E-state index contributed by atoms with van der Waals surface area (Å²) in [6.07, 6.45) is -0.138. The number of hydrogen-bond acceptors (Lipinski definition) is 7. The first-order valence-corrected chi connectivity index (χ1v) is 15.9. The van der Waals surface area contributed by atoms with Crippen LogP contribution in [0, 0.1) is 0 Å². The number of hydrogen-bond donors (Lipinski definition) is 3. The second kappa shape index (κ2) is 16.3. The van der Waals surface area contributed by atoms with Crippen LogP contribution in [0.2, 0.25) is 0 Å². The fourth-order valence-corrected chi connectivity index (χ4v) is 5.77. The zero-order valence-corrected chi connectivity index (χ0v) is 27.0. The van der Waals surface area contributed by atoms with Gasteiger partial charge < -0.3 is 30.0 Å². The lowest BCUT2D eigenvalue weighted by molar-refractivity contribution is -0.253. The first-order valence-electron chi connectivity index (χ1n) is 15.9. The second-order valence-electron chi connectivity index (χ2n) is 11.9. The Kier molecular flexibility index (Phi) is 11.8. The smallest absolute Gasteiger partial charge is 0.328 e. The third kappa shape index (κ3) is 9.27. The van der Waals surface area contributed by atoms with E-state index in [0.717, 1.165) is 22.3 Å². The third-order valence-corrected chi connectivity index (χ3v) is 8.54. The van der Waals surface area contributed by atoms with Crippen LogP contribution in [-0.4, -0.2) is 54.9 Å². The van der Waals surface area contributed by atoms with Gasteiger partial charge in [0.15, 0.2) is 6.29 Å². The Morgan fingerprint density at radius 2 is 1.60 bits per heavy atom. The number of urea groups is 1. The number of methoxy groups -OCH3 is 1. The van der Waals surface area contributed by atoms with Gasteiger partial charge in [-0.05, 0) is 48.4 Å². The fourth-order valence-electron chi connectivity index (χ4n) is 5.77. The van der Waals surface area contributed by atoms with E-state index >= 15 is 0 Å². The second-order valence-corrected chi connectivity index (χ2v) is 11.9. The van der Waals surface area contributed by atoms with E-state index in [1.165, 1.54) is 12.7 Å². The summed E-state index contributed by atoms with van der Waals surface area (Å²) in [5.74, 6) is -0.530. The average Bonchev–Trinajstić information content (AvgIpc) is 3.11. The molecule has 0 aliphatic carbocycles. The van der Waals surface area contributed by atoms with Gasteiger partial charge in [-0.25, -0.2) is 9.59 Å². The molecule has 0 radical (unpaired) electrons. The van der Waals surface area contributed by atoms with Crippen LogP contribution in [-0.2, 0) is 32.0 Å². The molecule has 4 aromatic rings. The number of anilines is 1. The van der Waals surface area contributed by atoms with Crippen molar-refractivity contribution in [2.75, 3.05) is 26.0 Å². The molecule has 5 atom stereocenters. The van der Waals surface area contributed by atoms with Gasteiger partial charge in [-0.3, -0.25) is 4.90 Å². The minimum atomic E-state index is -0.857. The number of carbonyl (C=O) groups is 2. The normalized spacial score (nSPS) is 19.0. The average molecular weight is 638 g/mol. The topological polar surface area (TPSA) is 109 Å². The summed E-state index contributed by atoms with van der Waals surface area (Å²) in [5, 5.41) is 15.1. The van der Waals surface area contributed by atoms with E-state index in [2.05, 4.69) is 41.6 Å². The molecule has 1 fully saturated rings. The fraction of sp³-hybridized carbons (Fsp3) is 0.316. The minimum Gasteiger partial charge on any atom is -0.467 e. The van der Waals surface area contributed by atoms with Gasteiger partial charge in [0.25, 0.3) is 0 Å². The maximum Gasteiger partial charge on any atom is 0.328 e. The number of amides is 2. The highest BCUT2D eigenvalue weighted by atomic mass is 16.7. The Labute approximate surface area is 276 Å². The van der Waals surface area contributed by atoms with Crippen molar-refractivity contribution in [2.24, 2.45) is 0 Å². The van der Waals surface area contributed by atoms with Gasteiger partial charge in [0, 0.05) is 36.7 Å². The van der Waals surface area contributed by atoms with Crippen molar-refractivity contribution in [1.82, 2.24) is 10.2 Å². The molecule has 3 N–H and O–H groups in total. The molecule has 1 aliphatic heterocycles. The zero-order chi connectivity index (χ0) is 33.2. The first kappa shape index (κ1) is 33.8. The van der Waals surface area contributed by atoms with E-state index in [9.17, 15) is 14.7 Å². The van der Waals surface area contributed by atoms with Crippen LogP contribution in [0.3, 0.4) is 0 Å². The van der Waals surface area contributed by atoms with Crippen molar-refractivity contribution in [3.63, 3.8) is 0 Å². The summed E-state index contributed by atoms with van der Waals surface area (Å²) < 4.78 is 18.0. The van der Waals surface area contributed by atoms with E-state index in [1.807, 2.05) is 91.0 Å². The molecule has 1 saturated heterocycles. The van der Waals surface area contributed by atoms with Crippen molar-refractivity contribution in [3.05, 3.63) is 137 Å². The summed E-state index contributed by atoms with van der Waals surface area (Å²) in [5.41, 5.74) is 5.23. The van der Waals surface area contributed by atoms with Crippen molar-refractivity contribution in [2.45, 2.75) is 57.0 Å². The number of esters is 1. The van der Waals surface area contributed by atoms with Crippen LogP contribution in [0.1, 0.15) is 59.6 Å². The van der Waals surface area contributed by atoms with Gasteiger partial charge in [-0.15, -0.1) is 0 Å². The molecule has 0 spiro atoms. The Balaban J connectivity index is 1.31. The van der Waals surface area contributed by atoms with Crippen molar-refractivity contribution in [3.8, 4) is 0 Å². The Morgan fingerprint density at radius 1 is 0.894 bits per heavy atom. The molecular formula is C38H43N3O6. The van der Waals surface area contributed by atoms with Gasteiger partial charge in [0.2, 0.25) is 0 Å². The summed E-state index contributed by atoms with van der Waals surface area (Å²) in [6, 6.07) is 33.7. The van der Waals surface area contributed by atoms with Crippen molar-refractivity contribution >= 4 is 17.7 Å². The van der Waals surface area contributed by atoms with Crippen LogP contribution in [0.25, 0.3) is 0 Å². The standard InChI is InChI=1S/C38H43N3O6/c1-26(29-13-8-5-9-14-29)41(2)24-33-23-35(30-19-17-28(25-42)18-20-30)47-37(46-33)31-15-10-16-32(22-31)39-38(44)40-34(36(43)45-3)21-27-11-6-4-7-12-27/h4-20,22,26,33-35,37,42H,21,23-25H2,1-3H3,(H2,39,40,44). The molecule has 9 heteroatoms. The lowest BCUT2D eigenvalue weighted by atomic mass is 9.99. The van der Waals surface area contributed by atoms with Gasteiger partial charge >= 0.3 is 12.0 Å². The molecule has 0 saturated carbocycles. The molecule has 246 valence electrons. The van der Waals surface area contributed by atoms with Crippen molar-refractivity contribution in [1.29, 1.82) is 0 Å². The predicted molar refractivity (Wildman–Crippen MR) is 180 cm³/mol. The van der Waals surface area contributed by atoms with Crippen LogP contribution >= 0.6 is 0 Å². The van der Waals surface area contributed by atoms with Crippen LogP contribution in [0.4, 0.5) is 10.5 Å². The van der Waals surface area contributed by atoms with Gasteiger partial charge in [0.05, 0.1) is 25.9 Å². The molecule has 5 rings (SSSR count). The highest BCUT2D eigenvalue weighted by Crippen LogP contribution is 2.39. The number of likely N-dealkylation sites (N-methyl/N-ethyl adjacent to an activating group) is 1. The molecule has 1 heterocycles. The third-order valence-electron chi connectivity index (χ3n) is 8.54. The lowest BCUT2D eigenvalue weighted by Crippen LogP contribution is -2.45. The van der Waals surface area contributed by atoms with Gasteiger partial charge in [-0.2, -0.15) is 0 Å². The largest absolute Gasteiger partial charge is 0.467 e. The highest BCUT2D eigenvalue weighted by Gasteiger charge is 2.33. The van der Waals surface area contributed by atoms with Gasteiger partial charge in [-0.1, -0.05) is 97.1 Å². The number of carbonyl (C=O) groups excluding carboxylic acids is 2. The Hall–Kier alpha value is -4.54. The molecule has 2 amide bonds. The van der Waals surface area contributed by atoms with E-state index in [4.69, 9.17) is 14.2 Å². The monoisotopic (exact) mass is 637 g/mol. The SMILES string of the molecule is COC(=O)C(Cc1ccccc1)NC(=O)Nc1cccc(C2OC(CN(C)C(C)c3ccccc3)CC(c3ccc(CO)cc3)O2)c1. The maximum absolute atomic E-state index is 13.0. The van der Waals surface area contributed by atoms with E-state index < -0.39 is 24.3 Å². The molecule has 47 heavy (non-hydrogen) atoms. The molecule has 1 aliphatic rings. The summed E-state index contributed by atoms with van der Waals surface area (Å²) >= 11 is 0. The Bertz CT molecular complexity index is 1580. The van der Waals surface area contributed by atoms with Crippen LogP contribution in [0.5, 0.6) is 0 Å². The molecule has 0 bridgehead atoms. The summed E-state index contributed by atoms with van der Waals surface area (Å²) in [7, 11) is 3.40. The van der Waals surface area contributed by atoms with Crippen molar-refractivity contribution < 1.29 is 28.9 Å². The number of nitrogens with zero attached hydrogens (tertiary/aromatic N) is 1. The minimum absolute atomic E-state index is 0.0255. The zero-order valence-electron chi connectivity index (χ0n) is 27.0. The lowest BCUT2D eigenvalue weighted by Gasteiger charge is -2.39. The van der Waals surface area contributed by atoms with Crippen LogP contribution in [0.15, 0.2) is 109 Å². The first-order chi connectivity index (χ1) is 22.8. The molecule has 5 unspecified atom stereocenters. The maximum atomic E-state index is 13.0. The number of aliphatic hydroxyl groups is 1. The molecule has 0 aromatic heterocycles.